The van der Waals surface area contributed by atoms with Gasteiger partial charge in [-0.25, -0.2) is 18.2 Å². The molecule has 1 N–H and O–H groups in total. The smallest absolute Gasteiger partial charge is 0.181 e. The van der Waals surface area contributed by atoms with Gasteiger partial charge in [0.1, 0.15) is 11.7 Å². The molecule has 1 aromatic carbocycles. The minimum Gasteiger partial charge on any atom is -0.387 e. The molecule has 1 aliphatic carbocycles. The highest BCUT2D eigenvalue weighted by Gasteiger charge is 2.53. The molecule has 1 aliphatic heterocycles. The van der Waals surface area contributed by atoms with E-state index < -0.39 is 27.1 Å². The van der Waals surface area contributed by atoms with Crippen molar-refractivity contribution in [3.8, 4) is 0 Å². The van der Waals surface area contributed by atoms with E-state index in [4.69, 9.17) is 9.78 Å². The Labute approximate surface area is 131 Å². The third kappa shape index (κ3) is 2.80. The predicted molar refractivity (Wildman–Crippen MR) is 80.8 cm³/mol. The van der Waals surface area contributed by atoms with Crippen LogP contribution in [0.15, 0.2) is 35.2 Å². The number of fused-ring (bicyclic) bond motifs is 2. The second-order valence-electron chi connectivity index (χ2n) is 6.88. The number of sulfone groups is 1. The Bertz CT molecular complexity index is 640. The van der Waals surface area contributed by atoms with Gasteiger partial charge < -0.3 is 5.11 Å². The minimum atomic E-state index is -3.45. The van der Waals surface area contributed by atoms with Gasteiger partial charge in [0.2, 0.25) is 0 Å². The third-order valence-electron chi connectivity index (χ3n) is 4.99. The summed E-state index contributed by atoms with van der Waals surface area (Å²) < 4.78 is 25.2. The molecule has 1 aromatic rings. The molecule has 0 unspecified atom stereocenters. The molecule has 122 valence electrons. The normalized spacial score (nSPS) is 38.7. The van der Waals surface area contributed by atoms with Crippen LogP contribution < -0.4 is 0 Å². The summed E-state index contributed by atoms with van der Waals surface area (Å²) in [5, 5.41) is 10.2. The maximum absolute atomic E-state index is 12.6. The van der Waals surface area contributed by atoms with E-state index in [1.165, 1.54) is 0 Å². The van der Waals surface area contributed by atoms with Crippen LogP contribution >= 0.6 is 0 Å². The molecule has 22 heavy (non-hydrogen) atoms. The monoisotopic (exact) mass is 326 g/mol. The summed E-state index contributed by atoms with van der Waals surface area (Å²) >= 11 is 0. The van der Waals surface area contributed by atoms with Gasteiger partial charge in [-0.3, -0.25) is 0 Å². The topological polar surface area (TPSA) is 72.8 Å². The molecule has 0 aromatic heterocycles. The highest BCUT2D eigenvalue weighted by Crippen LogP contribution is 2.45. The van der Waals surface area contributed by atoms with Crippen LogP contribution in [0.1, 0.15) is 33.1 Å². The van der Waals surface area contributed by atoms with Crippen molar-refractivity contribution in [2.45, 2.75) is 55.3 Å². The highest BCUT2D eigenvalue weighted by molar-refractivity contribution is 7.91. The first-order chi connectivity index (χ1) is 10.2. The van der Waals surface area contributed by atoms with E-state index in [1.54, 1.807) is 44.2 Å². The quantitative estimate of drug-likeness (QED) is 0.861. The van der Waals surface area contributed by atoms with Crippen molar-refractivity contribution < 1.29 is 23.3 Å². The van der Waals surface area contributed by atoms with Gasteiger partial charge in [0.15, 0.2) is 9.84 Å². The fourth-order valence-corrected chi connectivity index (χ4v) is 5.20. The molecule has 0 radical (unpaired) electrons. The molecule has 1 heterocycles. The first-order valence-corrected chi connectivity index (χ1v) is 9.23. The van der Waals surface area contributed by atoms with Crippen molar-refractivity contribution in [1.82, 2.24) is 0 Å². The lowest BCUT2D eigenvalue weighted by atomic mass is 9.71. The summed E-state index contributed by atoms with van der Waals surface area (Å²) in [6.45, 7) is 3.52. The Balaban J connectivity index is 1.81. The Morgan fingerprint density at radius 1 is 1.27 bits per heavy atom. The van der Waals surface area contributed by atoms with Crippen LogP contribution in [0.3, 0.4) is 0 Å². The summed E-state index contributed by atoms with van der Waals surface area (Å²) in [5.74, 6) is -0.0613. The molecule has 6 heteroatoms. The lowest BCUT2D eigenvalue weighted by Crippen LogP contribution is -2.58. The molecule has 0 amide bonds. The summed E-state index contributed by atoms with van der Waals surface area (Å²) in [6.07, 6.45) is 1.55. The SMILES string of the molecule is C[C@@]1(O)CC[C@@H]2C[C@H]1OO[C@@]2(C)CS(=O)(=O)c1ccccc1. The Morgan fingerprint density at radius 2 is 1.95 bits per heavy atom. The van der Waals surface area contributed by atoms with E-state index in [9.17, 15) is 13.5 Å². The molecule has 5 nitrogen and oxygen atoms in total. The maximum atomic E-state index is 12.6. The zero-order valence-corrected chi connectivity index (χ0v) is 13.7. The van der Waals surface area contributed by atoms with Crippen LogP contribution in [0, 0.1) is 5.92 Å². The molecule has 3 rings (SSSR count). The van der Waals surface area contributed by atoms with Gasteiger partial charge in [-0.1, -0.05) is 18.2 Å². The van der Waals surface area contributed by atoms with Crippen molar-refractivity contribution in [2.75, 3.05) is 5.75 Å². The number of hydrogen-bond donors (Lipinski definition) is 1. The highest BCUT2D eigenvalue weighted by atomic mass is 32.2. The molecular formula is C16H22O5S. The van der Waals surface area contributed by atoms with E-state index in [0.717, 1.165) is 6.42 Å². The summed E-state index contributed by atoms with van der Waals surface area (Å²) in [7, 11) is -3.45. The van der Waals surface area contributed by atoms with E-state index in [1.807, 2.05) is 0 Å². The van der Waals surface area contributed by atoms with Gasteiger partial charge >= 0.3 is 0 Å². The molecular weight excluding hydrogens is 304 g/mol. The molecule has 1 saturated carbocycles. The molecule has 2 fully saturated rings. The summed E-state index contributed by atoms with van der Waals surface area (Å²) in [6, 6.07) is 8.39. The van der Waals surface area contributed by atoms with Gasteiger partial charge in [-0.2, -0.15) is 0 Å². The second kappa shape index (κ2) is 5.30. The average molecular weight is 326 g/mol. The first kappa shape index (κ1) is 15.9. The van der Waals surface area contributed by atoms with Crippen LogP contribution in [-0.2, 0) is 19.6 Å². The number of benzene rings is 1. The zero-order chi connectivity index (χ0) is 16.0. The van der Waals surface area contributed by atoms with Gasteiger partial charge in [-0.15, -0.1) is 0 Å². The van der Waals surface area contributed by atoms with Crippen molar-refractivity contribution in [3.63, 3.8) is 0 Å². The number of aliphatic hydroxyl groups is 1. The Hall–Kier alpha value is -0.950. The van der Waals surface area contributed by atoms with Crippen molar-refractivity contribution in [2.24, 2.45) is 5.92 Å². The van der Waals surface area contributed by atoms with E-state index >= 15 is 0 Å². The lowest BCUT2D eigenvalue weighted by molar-refractivity contribution is -0.441. The molecule has 2 aliphatic rings. The molecule has 2 bridgehead atoms. The van der Waals surface area contributed by atoms with Gasteiger partial charge in [0.05, 0.1) is 16.2 Å². The van der Waals surface area contributed by atoms with Crippen molar-refractivity contribution >= 4 is 9.84 Å². The van der Waals surface area contributed by atoms with Crippen molar-refractivity contribution in [3.05, 3.63) is 30.3 Å². The zero-order valence-electron chi connectivity index (χ0n) is 12.9. The maximum Gasteiger partial charge on any atom is 0.181 e. The fourth-order valence-electron chi connectivity index (χ4n) is 3.42. The Morgan fingerprint density at radius 3 is 2.64 bits per heavy atom. The van der Waals surface area contributed by atoms with Crippen LogP contribution in [0.25, 0.3) is 0 Å². The second-order valence-corrected chi connectivity index (χ2v) is 8.87. The molecule has 4 atom stereocenters. The molecule has 0 spiro atoms. The van der Waals surface area contributed by atoms with Crippen LogP contribution in [-0.4, -0.2) is 36.6 Å². The Kier molecular flexibility index (Phi) is 3.84. The predicted octanol–water partition coefficient (Wildman–Crippen LogP) is 2.10. The van der Waals surface area contributed by atoms with Crippen LogP contribution in [0.5, 0.6) is 0 Å². The lowest BCUT2D eigenvalue weighted by Gasteiger charge is -2.50. The van der Waals surface area contributed by atoms with E-state index in [0.29, 0.717) is 17.7 Å². The summed E-state index contributed by atoms with van der Waals surface area (Å²) in [4.78, 5) is 11.1. The van der Waals surface area contributed by atoms with Crippen molar-refractivity contribution in [1.29, 1.82) is 0 Å². The van der Waals surface area contributed by atoms with Gasteiger partial charge in [0.25, 0.3) is 0 Å². The number of rotatable bonds is 3. The standard InChI is InChI=1S/C16H22O5S/c1-15(17)9-8-12-10-14(15)20-21-16(12,2)11-22(18,19)13-6-4-3-5-7-13/h3-7,12,14,17H,8-11H2,1-2H3/t12-,14-,15-,16+/m1/s1. The van der Waals surface area contributed by atoms with Crippen LogP contribution in [0.2, 0.25) is 0 Å². The third-order valence-corrected chi connectivity index (χ3v) is 6.93. The summed E-state index contributed by atoms with van der Waals surface area (Å²) in [5.41, 5.74) is -1.79. The van der Waals surface area contributed by atoms with E-state index in [2.05, 4.69) is 0 Å². The molecule has 1 saturated heterocycles. The fraction of sp³-hybridized carbons (Fsp3) is 0.625. The van der Waals surface area contributed by atoms with E-state index in [-0.39, 0.29) is 11.7 Å². The largest absolute Gasteiger partial charge is 0.387 e. The van der Waals surface area contributed by atoms with Gasteiger partial charge in [0, 0.05) is 0 Å². The van der Waals surface area contributed by atoms with Crippen LogP contribution in [0.4, 0.5) is 0 Å². The first-order valence-electron chi connectivity index (χ1n) is 7.58. The average Bonchev–Trinajstić information content (AvgIpc) is 2.46. The number of hydrogen-bond acceptors (Lipinski definition) is 5. The minimum absolute atomic E-state index is 0.0602. The van der Waals surface area contributed by atoms with Gasteiger partial charge in [-0.05, 0) is 51.2 Å².